The lowest BCUT2D eigenvalue weighted by molar-refractivity contribution is 0.475. The molecule has 0 bridgehead atoms. The van der Waals surface area contributed by atoms with Crippen LogP contribution in [0, 0.1) is 5.82 Å². The van der Waals surface area contributed by atoms with Crippen LogP contribution in [0.5, 0.6) is 11.5 Å². The van der Waals surface area contributed by atoms with E-state index in [0.29, 0.717) is 11.4 Å². The molecule has 0 unspecified atom stereocenters. The van der Waals surface area contributed by atoms with Crippen molar-refractivity contribution >= 4 is 5.69 Å². The van der Waals surface area contributed by atoms with Gasteiger partial charge in [-0.3, -0.25) is 0 Å². The Morgan fingerprint density at radius 3 is 2.47 bits per heavy atom. The van der Waals surface area contributed by atoms with Gasteiger partial charge in [0.05, 0.1) is 0 Å². The van der Waals surface area contributed by atoms with Gasteiger partial charge in [-0.2, -0.15) is 0 Å². The van der Waals surface area contributed by atoms with E-state index in [-0.39, 0.29) is 5.82 Å². The highest BCUT2D eigenvalue weighted by Crippen LogP contribution is 2.29. The first kappa shape index (κ1) is 12.0. The Morgan fingerprint density at radius 2 is 1.68 bits per heavy atom. The lowest BCUT2D eigenvalue weighted by atomic mass is 9.92. The minimum Gasteiger partial charge on any atom is -0.457 e. The maximum atomic E-state index is 13.2. The molecule has 98 valence electrons. The van der Waals surface area contributed by atoms with Crippen LogP contribution < -0.4 is 10.5 Å². The van der Waals surface area contributed by atoms with E-state index in [4.69, 9.17) is 10.5 Å². The highest BCUT2D eigenvalue weighted by atomic mass is 19.1. The summed E-state index contributed by atoms with van der Waals surface area (Å²) in [4.78, 5) is 0. The van der Waals surface area contributed by atoms with Crippen LogP contribution in [0.4, 0.5) is 10.1 Å². The largest absolute Gasteiger partial charge is 0.457 e. The number of hydrogen-bond acceptors (Lipinski definition) is 2. The highest BCUT2D eigenvalue weighted by molar-refractivity contribution is 5.46. The molecule has 0 radical (unpaired) electrons. The Balaban J connectivity index is 1.86. The van der Waals surface area contributed by atoms with Crippen molar-refractivity contribution in [1.29, 1.82) is 0 Å². The molecule has 0 fully saturated rings. The van der Waals surface area contributed by atoms with Crippen molar-refractivity contribution in [1.82, 2.24) is 0 Å². The predicted octanol–water partition coefficient (Wildman–Crippen LogP) is 4.08. The molecule has 1 aliphatic rings. The Bertz CT molecular complexity index is 589. The number of ether oxygens (including phenoxy) is 1. The Morgan fingerprint density at radius 1 is 0.895 bits per heavy atom. The number of rotatable bonds is 2. The van der Waals surface area contributed by atoms with Crippen LogP contribution in [0.25, 0.3) is 0 Å². The van der Waals surface area contributed by atoms with Gasteiger partial charge in [-0.15, -0.1) is 0 Å². The molecule has 1 aliphatic carbocycles. The summed E-state index contributed by atoms with van der Waals surface area (Å²) in [6.45, 7) is 0. The molecule has 0 saturated heterocycles. The van der Waals surface area contributed by atoms with Crippen LogP contribution in [-0.2, 0) is 12.8 Å². The molecule has 0 heterocycles. The number of nitrogen functional groups attached to an aromatic ring is 1. The lowest BCUT2D eigenvalue weighted by Gasteiger charge is -2.16. The van der Waals surface area contributed by atoms with Gasteiger partial charge in [-0.05, 0) is 55.0 Å². The second kappa shape index (κ2) is 4.92. The first-order valence-corrected chi connectivity index (χ1v) is 6.56. The summed E-state index contributed by atoms with van der Waals surface area (Å²) >= 11 is 0. The van der Waals surface area contributed by atoms with E-state index in [1.807, 2.05) is 6.07 Å². The van der Waals surface area contributed by atoms with Crippen LogP contribution in [0.2, 0.25) is 0 Å². The topological polar surface area (TPSA) is 35.2 Å². The zero-order valence-corrected chi connectivity index (χ0v) is 10.7. The van der Waals surface area contributed by atoms with Gasteiger partial charge < -0.3 is 10.5 Å². The van der Waals surface area contributed by atoms with Crippen LogP contribution >= 0.6 is 0 Å². The zero-order valence-electron chi connectivity index (χ0n) is 10.7. The molecule has 2 aromatic rings. The summed E-state index contributed by atoms with van der Waals surface area (Å²) in [6.07, 6.45) is 4.72. The van der Waals surface area contributed by atoms with Gasteiger partial charge in [0.25, 0.3) is 0 Å². The van der Waals surface area contributed by atoms with Crippen LogP contribution in [0.1, 0.15) is 24.0 Å². The molecular formula is C16H16FNO. The number of anilines is 1. The predicted molar refractivity (Wildman–Crippen MR) is 74.0 cm³/mol. The molecule has 0 spiro atoms. The summed E-state index contributed by atoms with van der Waals surface area (Å²) in [7, 11) is 0. The van der Waals surface area contributed by atoms with Crippen molar-refractivity contribution in [3.63, 3.8) is 0 Å². The van der Waals surface area contributed by atoms with Gasteiger partial charge in [0.15, 0.2) is 0 Å². The van der Waals surface area contributed by atoms with Gasteiger partial charge in [0, 0.05) is 17.8 Å². The van der Waals surface area contributed by atoms with E-state index in [9.17, 15) is 4.39 Å². The Labute approximate surface area is 112 Å². The first-order chi connectivity index (χ1) is 9.20. The quantitative estimate of drug-likeness (QED) is 0.823. The number of benzene rings is 2. The van der Waals surface area contributed by atoms with E-state index >= 15 is 0 Å². The fourth-order valence-electron chi connectivity index (χ4n) is 2.55. The van der Waals surface area contributed by atoms with Crippen molar-refractivity contribution in [2.24, 2.45) is 0 Å². The lowest BCUT2D eigenvalue weighted by Crippen LogP contribution is -2.02. The average molecular weight is 257 g/mol. The van der Waals surface area contributed by atoms with Gasteiger partial charge in [-0.25, -0.2) is 4.39 Å². The second-order valence-electron chi connectivity index (χ2n) is 4.96. The molecule has 2 nitrogen and oxygen atoms in total. The monoisotopic (exact) mass is 257 g/mol. The molecule has 3 heteroatoms. The van der Waals surface area contributed by atoms with Crippen molar-refractivity contribution in [3.05, 3.63) is 53.3 Å². The summed E-state index contributed by atoms with van der Waals surface area (Å²) in [5.41, 5.74) is 8.71. The highest BCUT2D eigenvalue weighted by Gasteiger charge is 2.10. The molecule has 0 amide bonds. The first-order valence-electron chi connectivity index (χ1n) is 6.56. The third kappa shape index (κ3) is 2.70. The fourth-order valence-corrected chi connectivity index (χ4v) is 2.55. The number of halogens is 1. The maximum absolute atomic E-state index is 13.2. The average Bonchev–Trinajstić information content (AvgIpc) is 2.37. The standard InChI is InChI=1S/C16H16FNO/c17-13-8-14(18)10-16(9-13)19-15-6-5-11-3-1-2-4-12(11)7-15/h5-10H,1-4,18H2. The van der Waals surface area contributed by atoms with Crippen molar-refractivity contribution in [2.75, 3.05) is 5.73 Å². The second-order valence-corrected chi connectivity index (χ2v) is 4.96. The third-order valence-electron chi connectivity index (χ3n) is 3.45. The normalized spacial score (nSPS) is 13.9. The van der Waals surface area contributed by atoms with Crippen molar-refractivity contribution in [2.45, 2.75) is 25.7 Å². The molecule has 0 aromatic heterocycles. The van der Waals surface area contributed by atoms with E-state index in [1.165, 1.54) is 36.1 Å². The summed E-state index contributed by atoms with van der Waals surface area (Å²) in [5.74, 6) is 0.798. The minimum absolute atomic E-state index is 0.368. The maximum Gasteiger partial charge on any atom is 0.132 e. The van der Waals surface area contributed by atoms with Crippen molar-refractivity contribution < 1.29 is 9.13 Å². The fraction of sp³-hybridized carbons (Fsp3) is 0.250. The van der Waals surface area contributed by atoms with E-state index in [0.717, 1.165) is 18.6 Å². The summed E-state index contributed by atoms with van der Waals surface area (Å²) in [5, 5.41) is 0. The summed E-state index contributed by atoms with van der Waals surface area (Å²) < 4.78 is 18.9. The molecular weight excluding hydrogens is 241 g/mol. The molecule has 19 heavy (non-hydrogen) atoms. The molecule has 0 saturated carbocycles. The van der Waals surface area contributed by atoms with Crippen LogP contribution in [0.3, 0.4) is 0 Å². The van der Waals surface area contributed by atoms with Crippen molar-refractivity contribution in [3.8, 4) is 11.5 Å². The number of nitrogens with two attached hydrogens (primary N) is 1. The third-order valence-corrected chi connectivity index (χ3v) is 3.45. The number of fused-ring (bicyclic) bond motifs is 1. The Kier molecular flexibility index (Phi) is 3.11. The van der Waals surface area contributed by atoms with Gasteiger partial charge in [0.2, 0.25) is 0 Å². The van der Waals surface area contributed by atoms with Gasteiger partial charge in [0.1, 0.15) is 17.3 Å². The molecule has 0 atom stereocenters. The Hall–Kier alpha value is -2.03. The van der Waals surface area contributed by atoms with Crippen LogP contribution in [-0.4, -0.2) is 0 Å². The molecule has 3 rings (SSSR count). The van der Waals surface area contributed by atoms with Gasteiger partial charge >= 0.3 is 0 Å². The van der Waals surface area contributed by atoms with E-state index in [2.05, 4.69) is 12.1 Å². The molecule has 2 aromatic carbocycles. The van der Waals surface area contributed by atoms with E-state index in [1.54, 1.807) is 6.07 Å². The molecule has 2 N–H and O–H groups in total. The minimum atomic E-state index is -0.382. The zero-order chi connectivity index (χ0) is 13.2. The number of aryl methyl sites for hydroxylation is 2. The number of hydrogen-bond donors (Lipinski definition) is 1. The van der Waals surface area contributed by atoms with E-state index < -0.39 is 0 Å². The molecule has 0 aliphatic heterocycles. The summed E-state index contributed by atoms with van der Waals surface area (Å²) in [6, 6.07) is 10.3. The smallest absolute Gasteiger partial charge is 0.132 e. The van der Waals surface area contributed by atoms with Gasteiger partial charge in [-0.1, -0.05) is 6.07 Å². The SMILES string of the molecule is Nc1cc(F)cc(Oc2ccc3c(c2)CCCC3)c1. The van der Waals surface area contributed by atoms with Crippen LogP contribution in [0.15, 0.2) is 36.4 Å².